The average Bonchev–Trinajstić information content (AvgIpc) is 2.53. The van der Waals surface area contributed by atoms with E-state index in [1.54, 1.807) is 12.1 Å². The first-order valence-corrected chi connectivity index (χ1v) is 9.15. The zero-order valence-electron chi connectivity index (χ0n) is 13.1. The SMILES string of the molecule is COC(=O)N1CCCC(NC(=O)c2ccccc2S(C)(=O)=O)C1. The number of nitrogens with zero attached hydrogens (tertiary/aromatic N) is 1. The molecule has 0 aromatic heterocycles. The molecule has 8 heteroatoms. The van der Waals surface area contributed by atoms with Crippen LogP contribution in [0.5, 0.6) is 0 Å². The van der Waals surface area contributed by atoms with Crippen molar-refractivity contribution in [2.24, 2.45) is 0 Å². The lowest BCUT2D eigenvalue weighted by Crippen LogP contribution is -2.49. The van der Waals surface area contributed by atoms with E-state index in [4.69, 9.17) is 0 Å². The van der Waals surface area contributed by atoms with E-state index in [0.717, 1.165) is 19.1 Å². The summed E-state index contributed by atoms with van der Waals surface area (Å²) in [5.41, 5.74) is 0.116. The maximum absolute atomic E-state index is 12.4. The molecule has 2 rings (SSSR count). The fourth-order valence-electron chi connectivity index (χ4n) is 2.63. The monoisotopic (exact) mass is 340 g/mol. The number of amides is 2. The summed E-state index contributed by atoms with van der Waals surface area (Å²) < 4.78 is 28.2. The molecule has 1 fully saturated rings. The molecule has 1 aromatic rings. The molecule has 0 bridgehead atoms. The quantitative estimate of drug-likeness (QED) is 0.888. The highest BCUT2D eigenvalue weighted by Crippen LogP contribution is 2.17. The van der Waals surface area contributed by atoms with Gasteiger partial charge in [0.1, 0.15) is 0 Å². The number of hydrogen-bond donors (Lipinski definition) is 1. The largest absolute Gasteiger partial charge is 0.453 e. The molecule has 0 saturated carbocycles. The summed E-state index contributed by atoms with van der Waals surface area (Å²) in [5, 5.41) is 2.80. The zero-order chi connectivity index (χ0) is 17.0. The van der Waals surface area contributed by atoms with Crippen LogP contribution in [0.4, 0.5) is 4.79 Å². The Morgan fingerprint density at radius 1 is 1.30 bits per heavy atom. The molecule has 0 radical (unpaired) electrons. The molecular weight excluding hydrogens is 320 g/mol. The summed E-state index contributed by atoms with van der Waals surface area (Å²) in [6, 6.07) is 5.85. The number of benzene rings is 1. The van der Waals surface area contributed by atoms with Crippen LogP contribution in [0.2, 0.25) is 0 Å². The molecule has 1 heterocycles. The third-order valence-corrected chi connectivity index (χ3v) is 4.88. The Morgan fingerprint density at radius 2 is 2.00 bits per heavy atom. The average molecular weight is 340 g/mol. The van der Waals surface area contributed by atoms with Gasteiger partial charge in [0.25, 0.3) is 5.91 Å². The van der Waals surface area contributed by atoms with Crippen LogP contribution in [-0.4, -0.2) is 57.8 Å². The Balaban J connectivity index is 2.12. The van der Waals surface area contributed by atoms with E-state index < -0.39 is 21.8 Å². The number of sulfone groups is 1. The number of rotatable bonds is 3. The van der Waals surface area contributed by atoms with Gasteiger partial charge in [-0.2, -0.15) is 0 Å². The Hall–Kier alpha value is -2.09. The maximum atomic E-state index is 12.4. The molecule has 1 N–H and O–H groups in total. The number of methoxy groups -OCH3 is 1. The Bertz CT molecular complexity index is 702. The van der Waals surface area contributed by atoms with Gasteiger partial charge in [0.05, 0.1) is 17.6 Å². The van der Waals surface area contributed by atoms with Gasteiger partial charge in [-0.15, -0.1) is 0 Å². The van der Waals surface area contributed by atoms with Crippen molar-refractivity contribution in [1.82, 2.24) is 10.2 Å². The second-order valence-electron chi connectivity index (χ2n) is 5.50. The van der Waals surface area contributed by atoms with Gasteiger partial charge in [0, 0.05) is 25.4 Å². The number of likely N-dealkylation sites (tertiary alicyclic amines) is 1. The number of nitrogens with one attached hydrogen (secondary N) is 1. The Morgan fingerprint density at radius 3 is 2.65 bits per heavy atom. The van der Waals surface area contributed by atoms with Gasteiger partial charge in [0.2, 0.25) is 0 Å². The first-order chi connectivity index (χ1) is 10.8. The van der Waals surface area contributed by atoms with Crippen LogP contribution in [0.25, 0.3) is 0 Å². The molecule has 1 atom stereocenters. The third-order valence-electron chi connectivity index (χ3n) is 3.72. The van der Waals surface area contributed by atoms with Crippen LogP contribution in [-0.2, 0) is 14.6 Å². The molecule has 1 unspecified atom stereocenters. The Kier molecular flexibility index (Phi) is 5.25. The van der Waals surface area contributed by atoms with Crippen molar-refractivity contribution in [1.29, 1.82) is 0 Å². The van der Waals surface area contributed by atoms with Crippen molar-refractivity contribution in [3.05, 3.63) is 29.8 Å². The smallest absolute Gasteiger partial charge is 0.409 e. The fourth-order valence-corrected chi connectivity index (χ4v) is 3.52. The molecule has 126 valence electrons. The second kappa shape index (κ2) is 6.99. The van der Waals surface area contributed by atoms with Crippen molar-refractivity contribution >= 4 is 21.8 Å². The maximum Gasteiger partial charge on any atom is 0.409 e. The van der Waals surface area contributed by atoms with E-state index in [9.17, 15) is 18.0 Å². The van der Waals surface area contributed by atoms with E-state index in [2.05, 4.69) is 10.1 Å². The highest BCUT2D eigenvalue weighted by molar-refractivity contribution is 7.90. The van der Waals surface area contributed by atoms with E-state index >= 15 is 0 Å². The van der Waals surface area contributed by atoms with Gasteiger partial charge in [-0.25, -0.2) is 13.2 Å². The molecule has 23 heavy (non-hydrogen) atoms. The summed E-state index contributed by atoms with van der Waals surface area (Å²) in [6.45, 7) is 0.929. The summed E-state index contributed by atoms with van der Waals surface area (Å²) in [4.78, 5) is 25.5. The van der Waals surface area contributed by atoms with Crippen molar-refractivity contribution in [2.75, 3.05) is 26.5 Å². The van der Waals surface area contributed by atoms with Gasteiger partial charge >= 0.3 is 6.09 Å². The molecule has 2 amide bonds. The highest BCUT2D eigenvalue weighted by Gasteiger charge is 2.26. The predicted octanol–water partition coefficient (Wildman–Crippen LogP) is 1.05. The van der Waals surface area contributed by atoms with Gasteiger partial charge in [-0.3, -0.25) is 4.79 Å². The standard InChI is InChI=1S/C15H20N2O5S/c1-22-15(19)17-9-5-6-11(10-17)16-14(18)12-7-3-4-8-13(12)23(2,20)21/h3-4,7-8,11H,5-6,9-10H2,1-2H3,(H,16,18). The van der Waals surface area contributed by atoms with Crippen LogP contribution in [0.3, 0.4) is 0 Å². The fraction of sp³-hybridized carbons (Fsp3) is 0.467. The lowest BCUT2D eigenvalue weighted by molar-refractivity contribution is 0.0862. The van der Waals surface area contributed by atoms with Crippen LogP contribution in [0, 0.1) is 0 Å². The normalized spacial score (nSPS) is 18.3. The van der Waals surface area contributed by atoms with Gasteiger partial charge in [-0.05, 0) is 25.0 Å². The topological polar surface area (TPSA) is 92.8 Å². The minimum atomic E-state index is -3.49. The molecule has 7 nitrogen and oxygen atoms in total. The van der Waals surface area contributed by atoms with Crippen LogP contribution in [0.1, 0.15) is 23.2 Å². The van der Waals surface area contributed by atoms with Crippen molar-refractivity contribution in [2.45, 2.75) is 23.8 Å². The van der Waals surface area contributed by atoms with Crippen LogP contribution >= 0.6 is 0 Å². The minimum Gasteiger partial charge on any atom is -0.453 e. The predicted molar refractivity (Wildman–Crippen MR) is 84.0 cm³/mol. The van der Waals surface area contributed by atoms with Crippen molar-refractivity contribution in [3.8, 4) is 0 Å². The number of carbonyl (C=O) groups excluding carboxylic acids is 2. The second-order valence-corrected chi connectivity index (χ2v) is 7.48. The van der Waals surface area contributed by atoms with E-state index in [-0.39, 0.29) is 16.5 Å². The highest BCUT2D eigenvalue weighted by atomic mass is 32.2. The van der Waals surface area contributed by atoms with Crippen LogP contribution < -0.4 is 5.32 Å². The van der Waals surface area contributed by atoms with Crippen molar-refractivity contribution < 1.29 is 22.7 Å². The lowest BCUT2D eigenvalue weighted by Gasteiger charge is -2.32. The number of carbonyl (C=O) groups is 2. The summed E-state index contributed by atoms with van der Waals surface area (Å²) in [5.74, 6) is -0.456. The van der Waals surface area contributed by atoms with E-state index in [0.29, 0.717) is 13.1 Å². The first-order valence-electron chi connectivity index (χ1n) is 7.25. The van der Waals surface area contributed by atoms with Crippen molar-refractivity contribution in [3.63, 3.8) is 0 Å². The summed E-state index contributed by atoms with van der Waals surface area (Å²) in [7, 11) is -2.18. The molecule has 0 aliphatic carbocycles. The summed E-state index contributed by atoms with van der Waals surface area (Å²) >= 11 is 0. The molecule has 0 spiro atoms. The molecule has 1 saturated heterocycles. The van der Waals surface area contributed by atoms with E-state index in [1.165, 1.54) is 24.1 Å². The van der Waals surface area contributed by atoms with Gasteiger partial charge in [0.15, 0.2) is 9.84 Å². The number of hydrogen-bond acceptors (Lipinski definition) is 5. The van der Waals surface area contributed by atoms with Gasteiger partial charge < -0.3 is 15.0 Å². The number of ether oxygens (including phenoxy) is 1. The molecule has 1 aromatic carbocycles. The molecule has 1 aliphatic rings. The molecule has 1 aliphatic heterocycles. The zero-order valence-corrected chi connectivity index (χ0v) is 13.9. The molecular formula is C15H20N2O5S. The summed E-state index contributed by atoms with van der Waals surface area (Å²) in [6.07, 6.45) is 2.10. The first kappa shape index (κ1) is 17.3. The Labute approximate surface area is 135 Å². The third kappa shape index (κ3) is 4.22. The minimum absolute atomic E-state index is 0.00173. The van der Waals surface area contributed by atoms with Gasteiger partial charge in [-0.1, -0.05) is 12.1 Å². The van der Waals surface area contributed by atoms with E-state index in [1.807, 2.05) is 0 Å². The lowest BCUT2D eigenvalue weighted by atomic mass is 10.1. The number of piperidine rings is 1. The van der Waals surface area contributed by atoms with Crippen LogP contribution in [0.15, 0.2) is 29.2 Å².